The lowest BCUT2D eigenvalue weighted by atomic mass is 9.71. The van der Waals surface area contributed by atoms with Crippen molar-refractivity contribution in [1.82, 2.24) is 15.2 Å². The summed E-state index contributed by atoms with van der Waals surface area (Å²) in [5, 5.41) is 3.11. The largest absolute Gasteiger partial charge is 0.368 e. The number of benzene rings is 2. The average molecular weight is 484 g/mol. The lowest BCUT2D eigenvalue weighted by molar-refractivity contribution is -0.129. The predicted molar refractivity (Wildman–Crippen MR) is 134 cm³/mol. The smallest absolute Gasteiger partial charge is 0.294 e. The van der Waals surface area contributed by atoms with Gasteiger partial charge in [-0.25, -0.2) is 0 Å². The maximum Gasteiger partial charge on any atom is 0.294 e. The van der Waals surface area contributed by atoms with Gasteiger partial charge in [0.15, 0.2) is 0 Å². The van der Waals surface area contributed by atoms with E-state index in [0.29, 0.717) is 38.1 Å². The Kier molecular flexibility index (Phi) is 6.65. The van der Waals surface area contributed by atoms with Gasteiger partial charge >= 0.3 is 0 Å². The van der Waals surface area contributed by atoms with Gasteiger partial charge < -0.3 is 15.0 Å². The minimum absolute atomic E-state index is 0.126. The third kappa shape index (κ3) is 4.42. The number of ether oxygens (including phenoxy) is 1. The van der Waals surface area contributed by atoms with E-state index < -0.39 is 17.1 Å². The molecule has 1 aliphatic carbocycles. The number of carbonyl (C=O) groups excluding carboxylic acids is 3. The fourth-order valence-electron chi connectivity index (χ4n) is 5.66. The quantitative estimate of drug-likeness (QED) is 0.428. The number of rotatable bonds is 6. The van der Waals surface area contributed by atoms with E-state index in [9.17, 15) is 14.4 Å². The summed E-state index contributed by atoms with van der Waals surface area (Å²) in [6.45, 7) is 2.69. The maximum atomic E-state index is 13.0. The second-order valence-electron chi connectivity index (χ2n) is 9.46. The van der Waals surface area contributed by atoms with Gasteiger partial charge in [0.1, 0.15) is 0 Å². The van der Waals surface area contributed by atoms with E-state index in [1.165, 1.54) is 6.92 Å². The number of fused-ring (bicyclic) bond motifs is 2. The SMILES string of the molecule is CC(=O)N[C@@H]1c2ccccc2C2(CCN(C(=O)C(=O)c3ccccc3)CC2)[C@H]1OCc1ccccn1. The topological polar surface area (TPSA) is 88.6 Å². The predicted octanol–water partition coefficient (Wildman–Crippen LogP) is 3.60. The number of aromatic nitrogens is 1. The van der Waals surface area contributed by atoms with Crippen molar-refractivity contribution in [2.75, 3.05) is 13.1 Å². The number of amides is 2. The first kappa shape index (κ1) is 23.9. The third-order valence-corrected chi connectivity index (χ3v) is 7.35. The molecule has 0 radical (unpaired) electrons. The lowest BCUT2D eigenvalue weighted by Crippen LogP contribution is -2.52. The molecule has 0 saturated carbocycles. The van der Waals surface area contributed by atoms with Gasteiger partial charge in [0.05, 0.1) is 24.4 Å². The number of Topliss-reactive ketones (excluding diaryl/α,β-unsaturated/α-hetero) is 1. The lowest BCUT2D eigenvalue weighted by Gasteiger charge is -2.44. The Morgan fingerprint density at radius 2 is 1.67 bits per heavy atom. The standard InChI is InChI=1S/C29H29N3O4/c1-20(33)31-25-23-12-5-6-13-24(23)29(27(25)36-19-22-11-7-8-16-30-22)14-17-32(18-15-29)28(35)26(34)21-9-3-2-4-10-21/h2-13,16,25,27H,14-15,17-19H2,1H3,(H,31,33)/t25-,27+/m1/s1. The fraction of sp³-hybridized carbons (Fsp3) is 0.310. The molecular weight excluding hydrogens is 454 g/mol. The number of hydrogen-bond acceptors (Lipinski definition) is 5. The molecule has 0 bridgehead atoms. The molecule has 2 heterocycles. The Balaban J connectivity index is 1.41. The highest BCUT2D eigenvalue weighted by Gasteiger charge is 2.54. The number of nitrogens with one attached hydrogen (secondary N) is 1. The number of hydrogen-bond donors (Lipinski definition) is 1. The number of pyridine rings is 1. The van der Waals surface area contributed by atoms with Crippen LogP contribution in [0.5, 0.6) is 0 Å². The van der Waals surface area contributed by atoms with Gasteiger partial charge in [0, 0.05) is 37.2 Å². The summed E-state index contributed by atoms with van der Waals surface area (Å²) >= 11 is 0. The first-order valence-electron chi connectivity index (χ1n) is 12.3. The van der Waals surface area contributed by atoms with E-state index in [0.717, 1.165) is 16.8 Å². The van der Waals surface area contributed by atoms with Crippen molar-refractivity contribution in [3.05, 3.63) is 101 Å². The van der Waals surface area contributed by atoms with E-state index in [1.807, 2.05) is 42.5 Å². The van der Waals surface area contributed by atoms with Crippen molar-refractivity contribution >= 4 is 17.6 Å². The molecule has 2 aliphatic rings. The summed E-state index contributed by atoms with van der Waals surface area (Å²) in [6.07, 6.45) is 2.65. The molecule has 7 nitrogen and oxygen atoms in total. The van der Waals surface area contributed by atoms with Crippen LogP contribution in [0.4, 0.5) is 0 Å². The molecule has 2 aromatic carbocycles. The van der Waals surface area contributed by atoms with Crippen LogP contribution in [0.25, 0.3) is 0 Å². The molecule has 2 amide bonds. The number of carbonyl (C=O) groups is 3. The Morgan fingerprint density at radius 3 is 2.36 bits per heavy atom. The van der Waals surface area contributed by atoms with Gasteiger partial charge in [-0.2, -0.15) is 0 Å². The summed E-state index contributed by atoms with van der Waals surface area (Å²) in [6, 6.07) is 22.2. The number of likely N-dealkylation sites (tertiary alicyclic amines) is 1. The van der Waals surface area contributed by atoms with E-state index in [-0.39, 0.29) is 18.1 Å². The van der Waals surface area contributed by atoms with Gasteiger partial charge in [-0.05, 0) is 36.1 Å². The molecule has 2 atom stereocenters. The van der Waals surface area contributed by atoms with Crippen LogP contribution in [-0.4, -0.2) is 46.7 Å². The molecule has 1 aliphatic heterocycles. The van der Waals surface area contributed by atoms with Gasteiger partial charge in [0.25, 0.3) is 5.91 Å². The van der Waals surface area contributed by atoms with Gasteiger partial charge in [-0.15, -0.1) is 0 Å². The number of piperidine rings is 1. The normalized spacial score (nSPS) is 20.1. The molecule has 184 valence electrons. The van der Waals surface area contributed by atoms with Crippen LogP contribution in [0.3, 0.4) is 0 Å². The molecule has 1 spiro atoms. The Hall–Kier alpha value is -3.84. The zero-order chi connectivity index (χ0) is 25.1. The summed E-state index contributed by atoms with van der Waals surface area (Å²) in [5.74, 6) is -1.09. The molecule has 36 heavy (non-hydrogen) atoms. The first-order chi connectivity index (χ1) is 17.5. The van der Waals surface area contributed by atoms with Crippen molar-refractivity contribution in [3.8, 4) is 0 Å². The first-order valence-corrected chi connectivity index (χ1v) is 12.3. The fourth-order valence-corrected chi connectivity index (χ4v) is 5.66. The zero-order valence-corrected chi connectivity index (χ0v) is 20.2. The Morgan fingerprint density at radius 1 is 0.972 bits per heavy atom. The second-order valence-corrected chi connectivity index (χ2v) is 9.46. The highest BCUT2D eigenvalue weighted by Crippen LogP contribution is 2.52. The molecule has 0 unspecified atom stereocenters. The number of ketones is 1. The molecule has 7 heteroatoms. The Bertz CT molecular complexity index is 1250. The molecule has 1 saturated heterocycles. The van der Waals surface area contributed by atoms with E-state index in [2.05, 4.69) is 16.4 Å². The molecular formula is C29H29N3O4. The minimum Gasteiger partial charge on any atom is -0.368 e. The maximum absolute atomic E-state index is 13.0. The van der Waals surface area contributed by atoms with Crippen LogP contribution in [0.15, 0.2) is 79.0 Å². The van der Waals surface area contributed by atoms with E-state index >= 15 is 0 Å². The second kappa shape index (κ2) is 10.0. The minimum atomic E-state index is -0.488. The van der Waals surface area contributed by atoms with E-state index in [4.69, 9.17) is 4.74 Å². The van der Waals surface area contributed by atoms with Crippen LogP contribution in [-0.2, 0) is 26.3 Å². The van der Waals surface area contributed by atoms with Crippen molar-refractivity contribution in [2.45, 2.75) is 43.9 Å². The average Bonchev–Trinajstić information content (AvgIpc) is 3.16. The van der Waals surface area contributed by atoms with Gasteiger partial charge in [-0.1, -0.05) is 60.7 Å². The summed E-state index contributed by atoms with van der Waals surface area (Å²) < 4.78 is 6.54. The van der Waals surface area contributed by atoms with Gasteiger partial charge in [0.2, 0.25) is 11.7 Å². The van der Waals surface area contributed by atoms with Crippen molar-refractivity contribution in [2.24, 2.45) is 0 Å². The van der Waals surface area contributed by atoms with Crippen LogP contribution < -0.4 is 5.32 Å². The molecule has 1 aromatic heterocycles. The van der Waals surface area contributed by atoms with Crippen LogP contribution in [0.2, 0.25) is 0 Å². The Labute approximate surface area is 210 Å². The summed E-state index contributed by atoms with van der Waals surface area (Å²) in [4.78, 5) is 44.0. The van der Waals surface area contributed by atoms with Crippen molar-refractivity contribution < 1.29 is 19.1 Å². The molecule has 5 rings (SSSR count). The highest BCUT2D eigenvalue weighted by atomic mass is 16.5. The summed E-state index contributed by atoms with van der Waals surface area (Å²) in [7, 11) is 0. The van der Waals surface area contributed by atoms with Gasteiger partial charge in [-0.3, -0.25) is 19.4 Å². The molecule has 1 N–H and O–H groups in total. The van der Waals surface area contributed by atoms with Crippen LogP contribution in [0.1, 0.15) is 53.0 Å². The van der Waals surface area contributed by atoms with Crippen LogP contribution in [0, 0.1) is 0 Å². The molecule has 3 aromatic rings. The van der Waals surface area contributed by atoms with E-state index in [1.54, 1.807) is 35.4 Å². The zero-order valence-electron chi connectivity index (χ0n) is 20.2. The number of nitrogens with zero attached hydrogens (tertiary/aromatic N) is 2. The molecule has 1 fully saturated rings. The highest BCUT2D eigenvalue weighted by molar-refractivity contribution is 6.42. The monoisotopic (exact) mass is 483 g/mol. The third-order valence-electron chi connectivity index (χ3n) is 7.35. The summed E-state index contributed by atoms with van der Waals surface area (Å²) in [5.41, 5.74) is 2.99. The van der Waals surface area contributed by atoms with Crippen molar-refractivity contribution in [3.63, 3.8) is 0 Å². The van der Waals surface area contributed by atoms with Crippen molar-refractivity contribution in [1.29, 1.82) is 0 Å². The van der Waals surface area contributed by atoms with Crippen LogP contribution >= 0.6 is 0 Å².